The summed E-state index contributed by atoms with van der Waals surface area (Å²) >= 11 is 1.62. The summed E-state index contributed by atoms with van der Waals surface area (Å²) in [6, 6.07) is 26.7. The number of rotatable bonds is 8. The van der Waals surface area contributed by atoms with Crippen molar-refractivity contribution in [1.29, 1.82) is 0 Å². The number of carbonyl (C=O) groups is 3. The molecule has 0 aromatic heterocycles. The third-order valence-electron chi connectivity index (χ3n) is 8.33. The van der Waals surface area contributed by atoms with Crippen LogP contribution in [0.1, 0.15) is 30.0 Å². The number of hydrogen-bond donors (Lipinski definition) is 3. The summed E-state index contributed by atoms with van der Waals surface area (Å²) in [5.41, 5.74) is 2.40. The highest BCUT2D eigenvalue weighted by atomic mass is 32.2. The van der Waals surface area contributed by atoms with Gasteiger partial charge in [-0.2, -0.15) is 0 Å². The van der Waals surface area contributed by atoms with Crippen LogP contribution >= 0.6 is 11.8 Å². The van der Waals surface area contributed by atoms with Gasteiger partial charge in [-0.1, -0.05) is 78.9 Å². The maximum atomic E-state index is 14.3. The fourth-order valence-corrected chi connectivity index (χ4v) is 8.89. The first-order valence-corrected chi connectivity index (χ1v) is 14.2. The van der Waals surface area contributed by atoms with Gasteiger partial charge in [0.2, 0.25) is 17.7 Å². The van der Waals surface area contributed by atoms with E-state index in [9.17, 15) is 19.5 Å². The summed E-state index contributed by atoms with van der Waals surface area (Å²) in [4.78, 5) is 43.6. The molecule has 3 saturated heterocycles. The molecule has 200 valence electrons. The molecule has 6 rings (SSSR count). The smallest absolute Gasteiger partial charge is 0.244 e. The minimum absolute atomic E-state index is 0.0430. The molecule has 3 aromatic carbocycles. The molecule has 3 aromatic rings. The number of benzene rings is 3. The van der Waals surface area contributed by atoms with Crippen molar-refractivity contribution in [2.24, 2.45) is 11.8 Å². The molecule has 0 radical (unpaired) electrons. The van der Waals surface area contributed by atoms with Crippen LogP contribution in [0.25, 0.3) is 0 Å². The quantitative estimate of drug-likeness (QED) is 0.403. The molecule has 3 N–H and O–H groups in total. The zero-order valence-corrected chi connectivity index (χ0v) is 22.2. The number of fused-ring (bicyclic) bond motifs is 1. The molecule has 0 saturated carbocycles. The average molecular weight is 542 g/mol. The maximum Gasteiger partial charge on any atom is 0.244 e. The Bertz CT molecular complexity index is 1360. The predicted octanol–water partition coefficient (Wildman–Crippen LogP) is 3.77. The van der Waals surface area contributed by atoms with Gasteiger partial charge in [0.15, 0.2) is 0 Å². The van der Waals surface area contributed by atoms with Gasteiger partial charge < -0.3 is 20.6 Å². The molecule has 7 nitrogen and oxygen atoms in total. The molecule has 3 heterocycles. The van der Waals surface area contributed by atoms with Gasteiger partial charge in [-0.25, -0.2) is 0 Å². The van der Waals surface area contributed by atoms with E-state index >= 15 is 0 Å². The topological polar surface area (TPSA) is 98.7 Å². The Labute approximate surface area is 232 Å². The van der Waals surface area contributed by atoms with E-state index in [0.717, 1.165) is 17.5 Å². The molecule has 3 aliphatic heterocycles. The van der Waals surface area contributed by atoms with Crippen molar-refractivity contribution in [1.82, 2.24) is 10.2 Å². The number of thioether (sulfide) groups is 1. The summed E-state index contributed by atoms with van der Waals surface area (Å²) in [5, 5.41) is 16.6. The number of nitrogens with one attached hydrogen (secondary N) is 2. The largest absolute Gasteiger partial charge is 0.394 e. The second kappa shape index (κ2) is 10.5. The molecule has 3 aliphatic rings. The van der Waals surface area contributed by atoms with Crippen molar-refractivity contribution in [3.05, 3.63) is 102 Å². The van der Waals surface area contributed by atoms with Crippen LogP contribution in [0.5, 0.6) is 0 Å². The first kappa shape index (κ1) is 25.6. The lowest BCUT2D eigenvalue weighted by atomic mass is 9.70. The van der Waals surface area contributed by atoms with Crippen molar-refractivity contribution < 1.29 is 19.5 Å². The number of nitrogens with zero attached hydrogens (tertiary/aromatic N) is 1. The van der Waals surface area contributed by atoms with Crippen LogP contribution in [0.2, 0.25) is 0 Å². The van der Waals surface area contributed by atoms with Gasteiger partial charge in [0.05, 0.1) is 29.2 Å². The van der Waals surface area contributed by atoms with E-state index < -0.39 is 28.7 Å². The third kappa shape index (κ3) is 4.41. The second-order valence-electron chi connectivity index (χ2n) is 10.5. The molecule has 3 amide bonds. The fraction of sp³-hybridized carbons (Fsp3) is 0.323. The first-order chi connectivity index (χ1) is 19.0. The van der Waals surface area contributed by atoms with Crippen molar-refractivity contribution in [2.45, 2.75) is 41.5 Å². The third-order valence-corrected chi connectivity index (χ3v) is 10.3. The van der Waals surface area contributed by atoms with Crippen molar-refractivity contribution in [3.8, 4) is 0 Å². The maximum absolute atomic E-state index is 14.3. The van der Waals surface area contributed by atoms with E-state index in [0.29, 0.717) is 18.7 Å². The normalized spacial score (nSPS) is 27.7. The van der Waals surface area contributed by atoms with Gasteiger partial charge in [-0.15, -0.1) is 11.8 Å². The number of carbonyl (C=O) groups excluding carboxylic acids is 3. The summed E-state index contributed by atoms with van der Waals surface area (Å²) in [7, 11) is 0. The Morgan fingerprint density at radius 3 is 2.26 bits per heavy atom. The number of hydrogen-bond acceptors (Lipinski definition) is 5. The van der Waals surface area contributed by atoms with Gasteiger partial charge >= 0.3 is 0 Å². The fourth-order valence-electron chi connectivity index (χ4n) is 6.68. The van der Waals surface area contributed by atoms with E-state index in [4.69, 9.17) is 0 Å². The van der Waals surface area contributed by atoms with E-state index in [1.54, 1.807) is 16.7 Å². The predicted molar refractivity (Wildman–Crippen MR) is 151 cm³/mol. The number of amides is 3. The highest BCUT2D eigenvalue weighted by Gasteiger charge is 2.74. The zero-order chi connectivity index (χ0) is 27.0. The van der Waals surface area contributed by atoms with Crippen molar-refractivity contribution in [2.75, 3.05) is 11.9 Å². The average Bonchev–Trinajstić information content (AvgIpc) is 3.62. The van der Waals surface area contributed by atoms with Gasteiger partial charge in [0.1, 0.15) is 6.04 Å². The lowest BCUT2D eigenvalue weighted by molar-refractivity contribution is -0.142. The molecule has 0 aliphatic carbocycles. The summed E-state index contributed by atoms with van der Waals surface area (Å²) < 4.78 is -0.733. The van der Waals surface area contributed by atoms with Gasteiger partial charge in [-0.05, 0) is 36.1 Å². The standard InChI is InChI=1S/C31H31N3O4S/c35-19-23(21-12-6-2-7-13-21)34-27(29(37)32-18-20-10-4-1-5-11-20)31-17-16-24(39-31)25(26(31)30(34)38)28(36)33-22-14-8-3-9-15-22/h1-15,23-27,35H,16-19H2,(H,32,37)(H,33,36)/t23-,24+,25-,26+,27?,31?/m1/s1. The summed E-state index contributed by atoms with van der Waals surface area (Å²) in [6.07, 6.45) is 1.42. The SMILES string of the molecule is O=C(NCc1ccccc1)C1N([C@H](CO)c2ccccc2)C(=O)[C@@H]2[C@H](C(=O)Nc3ccccc3)[C@@H]3CCC12S3. The molecule has 8 heteroatoms. The Hall–Kier alpha value is -3.62. The number of anilines is 1. The van der Waals surface area contributed by atoms with Gasteiger partial charge in [0, 0.05) is 17.5 Å². The van der Waals surface area contributed by atoms with E-state index in [-0.39, 0.29) is 29.6 Å². The van der Waals surface area contributed by atoms with Crippen LogP contribution in [-0.2, 0) is 20.9 Å². The number of para-hydroxylation sites is 1. The zero-order valence-electron chi connectivity index (χ0n) is 21.4. The van der Waals surface area contributed by atoms with E-state index in [2.05, 4.69) is 10.6 Å². The van der Waals surface area contributed by atoms with Crippen LogP contribution in [0.4, 0.5) is 5.69 Å². The highest BCUT2D eigenvalue weighted by Crippen LogP contribution is 2.67. The molecular weight excluding hydrogens is 510 g/mol. The molecule has 2 unspecified atom stereocenters. The molecule has 6 atom stereocenters. The van der Waals surface area contributed by atoms with Crippen LogP contribution in [-0.4, -0.2) is 50.4 Å². The first-order valence-electron chi connectivity index (χ1n) is 13.4. The Kier molecular flexibility index (Phi) is 6.91. The summed E-state index contributed by atoms with van der Waals surface area (Å²) in [5.74, 6) is -1.87. The van der Waals surface area contributed by atoms with Crippen LogP contribution < -0.4 is 10.6 Å². The van der Waals surface area contributed by atoms with Crippen molar-refractivity contribution in [3.63, 3.8) is 0 Å². The molecule has 3 fully saturated rings. The van der Waals surface area contributed by atoms with Crippen molar-refractivity contribution >= 4 is 35.2 Å². The minimum atomic E-state index is -0.805. The van der Waals surface area contributed by atoms with Gasteiger partial charge in [0.25, 0.3) is 0 Å². The van der Waals surface area contributed by atoms with Crippen LogP contribution in [0.15, 0.2) is 91.0 Å². The van der Waals surface area contributed by atoms with Gasteiger partial charge in [-0.3, -0.25) is 14.4 Å². The van der Waals surface area contributed by atoms with Crippen LogP contribution in [0.3, 0.4) is 0 Å². The molecule has 39 heavy (non-hydrogen) atoms. The molecule has 2 bridgehead atoms. The monoisotopic (exact) mass is 541 g/mol. The summed E-state index contributed by atoms with van der Waals surface area (Å²) in [6.45, 7) is 0.0100. The van der Waals surface area contributed by atoms with Crippen LogP contribution in [0, 0.1) is 11.8 Å². The minimum Gasteiger partial charge on any atom is -0.394 e. The second-order valence-corrected chi connectivity index (χ2v) is 12.1. The number of aliphatic hydroxyl groups excluding tert-OH is 1. The van der Waals surface area contributed by atoms with E-state index in [1.165, 1.54) is 0 Å². The lowest BCUT2D eigenvalue weighted by Gasteiger charge is -2.37. The van der Waals surface area contributed by atoms with E-state index in [1.807, 2.05) is 91.0 Å². The Morgan fingerprint density at radius 1 is 0.949 bits per heavy atom. The molecule has 1 spiro atoms. The molecular formula is C31H31N3O4S. The highest BCUT2D eigenvalue weighted by molar-refractivity contribution is 8.02. The number of aliphatic hydroxyl groups is 1. The Balaban J connectivity index is 1.36. The lowest BCUT2D eigenvalue weighted by Crippen LogP contribution is -2.54. The Morgan fingerprint density at radius 2 is 1.59 bits per heavy atom. The number of likely N-dealkylation sites (tertiary alicyclic amines) is 1.